The number of hydrogen-bond donors (Lipinski definition) is 2. The van der Waals surface area contributed by atoms with E-state index in [-0.39, 0.29) is 11.9 Å². The number of nitrogens with one attached hydrogen (secondary N) is 2. The van der Waals surface area contributed by atoms with Crippen LogP contribution in [0, 0.1) is 6.92 Å². The summed E-state index contributed by atoms with van der Waals surface area (Å²) in [5.41, 5.74) is 4.37. The number of carbonyl (C=O) groups excluding carboxylic acids is 1. The van der Waals surface area contributed by atoms with Crippen LogP contribution in [0.25, 0.3) is 11.0 Å². The van der Waals surface area contributed by atoms with Crippen molar-refractivity contribution in [2.45, 2.75) is 19.9 Å². The van der Waals surface area contributed by atoms with Crippen LogP contribution in [0.5, 0.6) is 5.75 Å². The Hall–Kier alpha value is -2.82. The van der Waals surface area contributed by atoms with Crippen LogP contribution < -0.4 is 10.1 Å². The van der Waals surface area contributed by atoms with E-state index in [2.05, 4.69) is 15.3 Å². The highest BCUT2D eigenvalue weighted by atomic mass is 16.5. The van der Waals surface area contributed by atoms with Gasteiger partial charge in [-0.15, -0.1) is 0 Å². The van der Waals surface area contributed by atoms with Gasteiger partial charge in [0.1, 0.15) is 5.75 Å². The molecule has 3 rings (SSSR count). The molecule has 1 unspecified atom stereocenters. The summed E-state index contributed by atoms with van der Waals surface area (Å²) in [7, 11) is 1.63. The first-order valence-electron chi connectivity index (χ1n) is 7.47. The van der Waals surface area contributed by atoms with Crippen LogP contribution in [-0.2, 0) is 0 Å². The fraction of sp³-hybridized carbons (Fsp3) is 0.222. The van der Waals surface area contributed by atoms with Gasteiger partial charge in [-0.2, -0.15) is 0 Å². The lowest BCUT2D eigenvalue weighted by atomic mass is 10.0. The third kappa shape index (κ3) is 3.04. The number of H-pyrrole nitrogens is 1. The van der Waals surface area contributed by atoms with Crippen LogP contribution in [-0.4, -0.2) is 23.0 Å². The summed E-state index contributed by atoms with van der Waals surface area (Å²) in [5.74, 6) is 0.643. The SMILES string of the molecule is COc1ccc(C)cc1C(C)NC(=O)c1ccc2nc[nH]c2c1. The van der Waals surface area contributed by atoms with Gasteiger partial charge in [-0.25, -0.2) is 4.98 Å². The molecule has 1 aromatic heterocycles. The smallest absolute Gasteiger partial charge is 0.251 e. The molecule has 0 fully saturated rings. The van der Waals surface area contributed by atoms with Crippen molar-refractivity contribution in [2.75, 3.05) is 7.11 Å². The molecule has 2 N–H and O–H groups in total. The van der Waals surface area contributed by atoms with Crippen molar-refractivity contribution in [3.63, 3.8) is 0 Å². The number of nitrogens with zero attached hydrogens (tertiary/aromatic N) is 1. The van der Waals surface area contributed by atoms with E-state index in [1.54, 1.807) is 25.6 Å². The highest BCUT2D eigenvalue weighted by Gasteiger charge is 2.16. The summed E-state index contributed by atoms with van der Waals surface area (Å²) in [5, 5.41) is 3.02. The number of amides is 1. The molecule has 118 valence electrons. The number of aryl methyl sites for hydroxylation is 1. The quantitative estimate of drug-likeness (QED) is 0.776. The lowest BCUT2D eigenvalue weighted by Gasteiger charge is -2.18. The van der Waals surface area contributed by atoms with Crippen molar-refractivity contribution >= 4 is 16.9 Å². The van der Waals surface area contributed by atoms with Crippen molar-refractivity contribution in [1.29, 1.82) is 0 Å². The Bertz CT molecular complexity index is 854. The largest absolute Gasteiger partial charge is 0.496 e. The van der Waals surface area contributed by atoms with Gasteiger partial charge in [0.15, 0.2) is 0 Å². The van der Waals surface area contributed by atoms with E-state index >= 15 is 0 Å². The molecule has 5 heteroatoms. The zero-order valence-corrected chi connectivity index (χ0v) is 13.4. The van der Waals surface area contributed by atoms with Crippen molar-refractivity contribution in [3.8, 4) is 5.75 Å². The van der Waals surface area contributed by atoms with Crippen LogP contribution in [0.4, 0.5) is 0 Å². The monoisotopic (exact) mass is 309 g/mol. The van der Waals surface area contributed by atoms with E-state index in [1.165, 1.54) is 0 Å². The fourth-order valence-electron chi connectivity index (χ4n) is 2.63. The zero-order valence-electron chi connectivity index (χ0n) is 13.4. The summed E-state index contributed by atoms with van der Waals surface area (Å²) < 4.78 is 5.39. The number of hydrogen-bond acceptors (Lipinski definition) is 3. The fourth-order valence-corrected chi connectivity index (χ4v) is 2.63. The zero-order chi connectivity index (χ0) is 16.4. The van der Waals surface area contributed by atoms with Crippen LogP contribution in [0.1, 0.15) is 34.5 Å². The third-order valence-electron chi connectivity index (χ3n) is 3.88. The molecule has 2 aromatic carbocycles. The van der Waals surface area contributed by atoms with Crippen molar-refractivity contribution in [1.82, 2.24) is 15.3 Å². The number of methoxy groups -OCH3 is 1. The van der Waals surface area contributed by atoms with Crippen LogP contribution in [0.15, 0.2) is 42.7 Å². The molecule has 0 aliphatic rings. The van der Waals surface area contributed by atoms with E-state index in [1.807, 2.05) is 38.1 Å². The molecule has 0 saturated carbocycles. The lowest BCUT2D eigenvalue weighted by Crippen LogP contribution is -2.27. The first kappa shape index (κ1) is 15.1. The standard InChI is InChI=1S/C18H19N3O2/c1-11-4-7-17(23-3)14(8-11)12(2)21-18(22)13-5-6-15-16(9-13)20-10-19-15/h4-10,12H,1-3H3,(H,19,20)(H,21,22). The number of ether oxygens (including phenoxy) is 1. The number of imidazole rings is 1. The lowest BCUT2D eigenvalue weighted by molar-refractivity contribution is 0.0939. The minimum atomic E-state index is -0.158. The van der Waals surface area contributed by atoms with Gasteiger partial charge >= 0.3 is 0 Å². The van der Waals surface area contributed by atoms with Gasteiger partial charge in [-0.1, -0.05) is 17.7 Å². The van der Waals surface area contributed by atoms with Gasteiger partial charge in [0, 0.05) is 11.1 Å². The second-order valence-electron chi connectivity index (χ2n) is 5.58. The van der Waals surface area contributed by atoms with Gasteiger partial charge in [0.05, 0.1) is 30.5 Å². The molecule has 5 nitrogen and oxygen atoms in total. The first-order valence-corrected chi connectivity index (χ1v) is 7.47. The molecule has 1 amide bonds. The minimum Gasteiger partial charge on any atom is -0.496 e. The molecule has 1 atom stereocenters. The molecule has 0 saturated heterocycles. The summed E-state index contributed by atoms with van der Waals surface area (Å²) in [6.07, 6.45) is 1.62. The molecular weight excluding hydrogens is 290 g/mol. The Morgan fingerprint density at radius 1 is 1.26 bits per heavy atom. The number of rotatable bonds is 4. The maximum Gasteiger partial charge on any atom is 0.251 e. The van der Waals surface area contributed by atoms with Gasteiger partial charge in [-0.05, 0) is 38.1 Å². The molecule has 3 aromatic rings. The number of benzene rings is 2. The predicted octanol–water partition coefficient (Wildman–Crippen LogP) is 3.37. The van der Waals surface area contributed by atoms with Crippen molar-refractivity contribution in [2.24, 2.45) is 0 Å². The van der Waals surface area contributed by atoms with Gasteiger partial charge in [0.25, 0.3) is 5.91 Å². The Balaban J connectivity index is 1.83. The molecule has 0 aliphatic carbocycles. The number of fused-ring (bicyclic) bond motifs is 1. The highest BCUT2D eigenvalue weighted by molar-refractivity contribution is 5.97. The molecular formula is C18H19N3O2. The average Bonchev–Trinajstić information content (AvgIpc) is 3.02. The number of aromatic amines is 1. The molecule has 23 heavy (non-hydrogen) atoms. The first-order chi connectivity index (χ1) is 11.1. The van der Waals surface area contributed by atoms with E-state index in [9.17, 15) is 4.79 Å². The normalized spacial score (nSPS) is 12.1. The highest BCUT2D eigenvalue weighted by Crippen LogP contribution is 2.26. The number of aromatic nitrogens is 2. The van der Waals surface area contributed by atoms with Crippen LogP contribution in [0.3, 0.4) is 0 Å². The topological polar surface area (TPSA) is 67.0 Å². The summed E-state index contributed by atoms with van der Waals surface area (Å²) in [6.45, 7) is 3.97. The van der Waals surface area contributed by atoms with Crippen LogP contribution in [0.2, 0.25) is 0 Å². The summed E-state index contributed by atoms with van der Waals surface area (Å²) in [4.78, 5) is 19.7. The van der Waals surface area contributed by atoms with Crippen molar-refractivity contribution < 1.29 is 9.53 Å². The Kier molecular flexibility index (Phi) is 4.02. The van der Waals surface area contributed by atoms with Gasteiger partial charge in [-0.3, -0.25) is 4.79 Å². The van der Waals surface area contributed by atoms with Crippen LogP contribution >= 0.6 is 0 Å². The van der Waals surface area contributed by atoms with E-state index in [0.29, 0.717) is 5.56 Å². The second kappa shape index (κ2) is 6.12. The Labute approximate surface area is 134 Å². The molecule has 1 heterocycles. The second-order valence-corrected chi connectivity index (χ2v) is 5.58. The van der Waals surface area contributed by atoms with Crippen molar-refractivity contribution in [3.05, 3.63) is 59.4 Å². The van der Waals surface area contributed by atoms with E-state index in [4.69, 9.17) is 4.74 Å². The summed E-state index contributed by atoms with van der Waals surface area (Å²) >= 11 is 0. The van der Waals surface area contributed by atoms with Gasteiger partial charge in [0.2, 0.25) is 0 Å². The minimum absolute atomic E-state index is 0.127. The molecule has 0 spiro atoms. The Morgan fingerprint density at radius 3 is 2.87 bits per heavy atom. The molecule has 0 bridgehead atoms. The predicted molar refractivity (Wildman–Crippen MR) is 89.7 cm³/mol. The maximum absolute atomic E-state index is 12.5. The maximum atomic E-state index is 12.5. The van der Waals surface area contributed by atoms with Gasteiger partial charge < -0.3 is 15.0 Å². The average molecular weight is 309 g/mol. The van der Waals surface area contributed by atoms with E-state index < -0.39 is 0 Å². The van der Waals surface area contributed by atoms with E-state index in [0.717, 1.165) is 27.9 Å². The molecule has 0 radical (unpaired) electrons. The number of carbonyl (C=O) groups is 1. The summed E-state index contributed by atoms with van der Waals surface area (Å²) in [6, 6.07) is 11.2. The third-order valence-corrected chi connectivity index (χ3v) is 3.88. The Morgan fingerprint density at radius 2 is 2.09 bits per heavy atom. The molecule has 0 aliphatic heterocycles.